The van der Waals surface area contributed by atoms with Crippen molar-refractivity contribution in [3.63, 3.8) is 0 Å². The summed E-state index contributed by atoms with van der Waals surface area (Å²) in [5, 5.41) is 0. The van der Waals surface area contributed by atoms with E-state index in [1.165, 1.54) is 0 Å². The number of pyridine rings is 1. The molecule has 0 spiro atoms. The standard InChI is InChI=1S/C15H15NO3/c1-2-18-14-5-3-4-12(10-14)11-19-15(17)13-6-8-16-9-7-13/h3-10H,2,11H2,1H3. The second-order valence-electron chi connectivity index (χ2n) is 3.89. The molecule has 0 atom stereocenters. The minimum absolute atomic E-state index is 0.224. The third kappa shape index (κ3) is 3.81. The Hall–Kier alpha value is -2.36. The molecule has 2 rings (SSSR count). The van der Waals surface area contributed by atoms with Crippen molar-refractivity contribution in [1.29, 1.82) is 0 Å². The number of ether oxygens (including phenoxy) is 2. The van der Waals surface area contributed by atoms with E-state index in [1.807, 2.05) is 31.2 Å². The monoisotopic (exact) mass is 257 g/mol. The Bertz CT molecular complexity index is 540. The maximum Gasteiger partial charge on any atom is 0.338 e. The smallest absolute Gasteiger partial charge is 0.338 e. The normalized spacial score (nSPS) is 9.95. The lowest BCUT2D eigenvalue weighted by atomic mass is 10.2. The summed E-state index contributed by atoms with van der Waals surface area (Å²) in [7, 11) is 0. The molecule has 0 unspecified atom stereocenters. The van der Waals surface area contributed by atoms with E-state index in [0.717, 1.165) is 11.3 Å². The van der Waals surface area contributed by atoms with Crippen LogP contribution in [0.5, 0.6) is 5.75 Å². The Balaban J connectivity index is 1.95. The van der Waals surface area contributed by atoms with Crippen LogP contribution in [0.1, 0.15) is 22.8 Å². The zero-order chi connectivity index (χ0) is 13.5. The molecule has 0 aliphatic carbocycles. The van der Waals surface area contributed by atoms with Crippen LogP contribution in [0.4, 0.5) is 0 Å². The van der Waals surface area contributed by atoms with E-state index in [0.29, 0.717) is 12.2 Å². The van der Waals surface area contributed by atoms with Gasteiger partial charge in [-0.2, -0.15) is 0 Å². The van der Waals surface area contributed by atoms with Gasteiger partial charge in [-0.25, -0.2) is 4.79 Å². The molecule has 0 aliphatic heterocycles. The Morgan fingerprint density at radius 3 is 2.74 bits per heavy atom. The predicted octanol–water partition coefficient (Wildman–Crippen LogP) is 2.84. The summed E-state index contributed by atoms with van der Waals surface area (Å²) in [6, 6.07) is 10.8. The van der Waals surface area contributed by atoms with Gasteiger partial charge >= 0.3 is 5.97 Å². The number of aromatic nitrogens is 1. The van der Waals surface area contributed by atoms with E-state index in [1.54, 1.807) is 24.5 Å². The van der Waals surface area contributed by atoms with Gasteiger partial charge in [0.15, 0.2) is 0 Å². The molecule has 0 radical (unpaired) electrons. The van der Waals surface area contributed by atoms with Gasteiger partial charge < -0.3 is 9.47 Å². The van der Waals surface area contributed by atoms with Gasteiger partial charge in [0.05, 0.1) is 12.2 Å². The molecule has 1 aromatic heterocycles. The molecule has 0 saturated carbocycles. The van der Waals surface area contributed by atoms with Crippen LogP contribution < -0.4 is 4.74 Å². The van der Waals surface area contributed by atoms with Crippen molar-refractivity contribution >= 4 is 5.97 Å². The first-order valence-corrected chi connectivity index (χ1v) is 6.08. The molecule has 0 N–H and O–H groups in total. The summed E-state index contributed by atoms with van der Waals surface area (Å²) in [5.74, 6) is 0.421. The van der Waals surface area contributed by atoms with Gasteiger partial charge in [-0.05, 0) is 36.8 Å². The molecule has 0 fully saturated rings. The van der Waals surface area contributed by atoms with Crippen LogP contribution in [0.25, 0.3) is 0 Å². The minimum Gasteiger partial charge on any atom is -0.494 e. The van der Waals surface area contributed by atoms with Gasteiger partial charge in [-0.1, -0.05) is 12.1 Å². The van der Waals surface area contributed by atoms with Crippen molar-refractivity contribution in [1.82, 2.24) is 4.98 Å². The zero-order valence-corrected chi connectivity index (χ0v) is 10.7. The van der Waals surface area contributed by atoms with Gasteiger partial charge in [-0.3, -0.25) is 4.98 Å². The lowest BCUT2D eigenvalue weighted by Gasteiger charge is -2.07. The second-order valence-corrected chi connectivity index (χ2v) is 3.89. The van der Waals surface area contributed by atoms with Gasteiger partial charge in [0.1, 0.15) is 12.4 Å². The molecule has 0 aliphatic rings. The predicted molar refractivity (Wildman–Crippen MR) is 71.0 cm³/mol. The number of hydrogen-bond acceptors (Lipinski definition) is 4. The van der Waals surface area contributed by atoms with Gasteiger partial charge in [0.2, 0.25) is 0 Å². The average molecular weight is 257 g/mol. The third-order valence-corrected chi connectivity index (χ3v) is 2.50. The minimum atomic E-state index is -0.357. The van der Waals surface area contributed by atoms with E-state index in [9.17, 15) is 4.79 Å². The second kappa shape index (κ2) is 6.54. The van der Waals surface area contributed by atoms with E-state index in [2.05, 4.69) is 4.98 Å². The highest BCUT2D eigenvalue weighted by Crippen LogP contribution is 2.14. The quantitative estimate of drug-likeness (QED) is 0.773. The lowest BCUT2D eigenvalue weighted by Crippen LogP contribution is -2.05. The molecule has 0 saturated heterocycles. The maximum atomic E-state index is 11.7. The van der Waals surface area contributed by atoms with E-state index >= 15 is 0 Å². The van der Waals surface area contributed by atoms with Crippen LogP contribution in [0.3, 0.4) is 0 Å². The maximum absolute atomic E-state index is 11.7. The molecule has 19 heavy (non-hydrogen) atoms. The number of rotatable bonds is 5. The number of nitrogens with zero attached hydrogens (tertiary/aromatic N) is 1. The van der Waals surface area contributed by atoms with Crippen LogP contribution in [-0.2, 0) is 11.3 Å². The van der Waals surface area contributed by atoms with Crippen molar-refractivity contribution in [2.24, 2.45) is 0 Å². The largest absolute Gasteiger partial charge is 0.494 e. The Kier molecular flexibility index (Phi) is 4.50. The fraction of sp³-hybridized carbons (Fsp3) is 0.200. The molecule has 0 amide bonds. The first kappa shape index (κ1) is 13.1. The topological polar surface area (TPSA) is 48.4 Å². The summed E-state index contributed by atoms with van der Waals surface area (Å²) in [4.78, 5) is 15.6. The van der Waals surface area contributed by atoms with E-state index in [-0.39, 0.29) is 12.6 Å². The van der Waals surface area contributed by atoms with E-state index < -0.39 is 0 Å². The zero-order valence-electron chi connectivity index (χ0n) is 10.7. The highest BCUT2D eigenvalue weighted by atomic mass is 16.5. The molecule has 0 bridgehead atoms. The van der Waals surface area contributed by atoms with Crippen LogP contribution in [0, 0.1) is 0 Å². The highest BCUT2D eigenvalue weighted by molar-refractivity contribution is 5.89. The summed E-state index contributed by atoms with van der Waals surface area (Å²) in [6.45, 7) is 2.76. The van der Waals surface area contributed by atoms with Crippen molar-refractivity contribution in [2.45, 2.75) is 13.5 Å². The molecule has 4 nitrogen and oxygen atoms in total. The summed E-state index contributed by atoms with van der Waals surface area (Å²) >= 11 is 0. The molecule has 2 aromatic rings. The number of esters is 1. The molecule has 4 heteroatoms. The van der Waals surface area contributed by atoms with Gasteiger partial charge in [0, 0.05) is 12.4 Å². The number of hydrogen-bond donors (Lipinski definition) is 0. The lowest BCUT2D eigenvalue weighted by molar-refractivity contribution is 0.0472. The van der Waals surface area contributed by atoms with Gasteiger partial charge in [-0.15, -0.1) is 0 Å². The summed E-state index contributed by atoms with van der Waals surface area (Å²) in [5.41, 5.74) is 1.39. The average Bonchev–Trinajstić information content (AvgIpc) is 2.46. The third-order valence-electron chi connectivity index (χ3n) is 2.50. The van der Waals surface area contributed by atoms with Crippen molar-refractivity contribution in [3.05, 3.63) is 59.9 Å². The highest BCUT2D eigenvalue weighted by Gasteiger charge is 2.06. The number of carbonyl (C=O) groups is 1. The Labute approximate surface area is 112 Å². The van der Waals surface area contributed by atoms with Crippen LogP contribution in [-0.4, -0.2) is 17.6 Å². The molecule has 98 valence electrons. The van der Waals surface area contributed by atoms with Crippen LogP contribution in [0.15, 0.2) is 48.8 Å². The fourth-order valence-corrected chi connectivity index (χ4v) is 1.61. The number of benzene rings is 1. The number of carbonyl (C=O) groups excluding carboxylic acids is 1. The first-order valence-electron chi connectivity index (χ1n) is 6.08. The summed E-state index contributed by atoms with van der Waals surface area (Å²) < 4.78 is 10.6. The first-order chi connectivity index (χ1) is 9.29. The Morgan fingerprint density at radius 2 is 2.00 bits per heavy atom. The molecule has 1 heterocycles. The molecular formula is C15H15NO3. The Morgan fingerprint density at radius 1 is 1.21 bits per heavy atom. The van der Waals surface area contributed by atoms with Gasteiger partial charge in [0.25, 0.3) is 0 Å². The van der Waals surface area contributed by atoms with Crippen LogP contribution in [0.2, 0.25) is 0 Å². The van der Waals surface area contributed by atoms with Crippen LogP contribution >= 0.6 is 0 Å². The molecular weight excluding hydrogens is 242 g/mol. The SMILES string of the molecule is CCOc1cccc(COC(=O)c2ccncc2)c1. The fourth-order valence-electron chi connectivity index (χ4n) is 1.61. The molecule has 1 aromatic carbocycles. The van der Waals surface area contributed by atoms with E-state index in [4.69, 9.17) is 9.47 Å². The van der Waals surface area contributed by atoms with Crippen molar-refractivity contribution in [3.8, 4) is 5.75 Å². The summed E-state index contributed by atoms with van der Waals surface area (Å²) in [6.07, 6.45) is 3.12. The van der Waals surface area contributed by atoms with Crippen molar-refractivity contribution in [2.75, 3.05) is 6.61 Å². The van der Waals surface area contributed by atoms with Crippen molar-refractivity contribution < 1.29 is 14.3 Å².